The Hall–Kier alpha value is -1.31. The first kappa shape index (κ1) is 11.2. The highest BCUT2D eigenvalue weighted by molar-refractivity contribution is 7.14. The molecule has 0 aliphatic heterocycles. The Morgan fingerprint density at radius 2 is 2.25 bits per heavy atom. The van der Waals surface area contributed by atoms with E-state index in [2.05, 4.69) is 15.3 Å². The van der Waals surface area contributed by atoms with Crippen LogP contribution in [0.2, 0.25) is 0 Å². The molecule has 2 heterocycles. The highest BCUT2D eigenvalue weighted by Crippen LogP contribution is 2.25. The lowest BCUT2D eigenvalue weighted by atomic mass is 10.5. The predicted molar refractivity (Wildman–Crippen MR) is 62.9 cm³/mol. The molecule has 84 valence electrons. The molecule has 0 aliphatic rings. The minimum absolute atomic E-state index is 0.0724. The van der Waals surface area contributed by atoms with Crippen LogP contribution < -0.4 is 5.32 Å². The summed E-state index contributed by atoms with van der Waals surface area (Å²) >= 11 is 2.83. The van der Waals surface area contributed by atoms with Crippen molar-refractivity contribution in [2.24, 2.45) is 0 Å². The van der Waals surface area contributed by atoms with Crippen molar-refractivity contribution in [1.82, 2.24) is 15.3 Å². The van der Waals surface area contributed by atoms with Gasteiger partial charge >= 0.3 is 5.97 Å². The van der Waals surface area contributed by atoms with E-state index >= 15 is 0 Å². The van der Waals surface area contributed by atoms with Gasteiger partial charge in [-0.2, -0.15) is 0 Å². The Morgan fingerprint density at radius 1 is 1.44 bits per heavy atom. The van der Waals surface area contributed by atoms with E-state index in [-0.39, 0.29) is 5.69 Å². The highest BCUT2D eigenvalue weighted by atomic mass is 32.1. The third kappa shape index (κ3) is 2.26. The first-order chi connectivity index (χ1) is 7.70. The number of carboxylic acids is 1. The number of nitrogens with one attached hydrogen (secondary N) is 1. The standard InChI is InChI=1S/C9H9N3O2S2/c1-10-2-7-11-5(3-15-7)8-12-6(4-16-8)9(13)14/h3-4,10H,2H2,1H3,(H,13,14). The van der Waals surface area contributed by atoms with Crippen LogP contribution in [0.5, 0.6) is 0 Å². The topological polar surface area (TPSA) is 75.1 Å². The van der Waals surface area contributed by atoms with E-state index in [9.17, 15) is 4.79 Å². The van der Waals surface area contributed by atoms with Crippen molar-refractivity contribution in [3.63, 3.8) is 0 Å². The maximum Gasteiger partial charge on any atom is 0.355 e. The van der Waals surface area contributed by atoms with Crippen LogP contribution in [0.1, 0.15) is 15.5 Å². The zero-order valence-electron chi connectivity index (χ0n) is 8.43. The number of carboxylic acid groups (broad SMARTS) is 1. The molecule has 0 amide bonds. The van der Waals surface area contributed by atoms with Crippen LogP contribution in [0.25, 0.3) is 10.7 Å². The molecule has 0 aromatic carbocycles. The second-order valence-electron chi connectivity index (χ2n) is 3.00. The van der Waals surface area contributed by atoms with Gasteiger partial charge in [0.1, 0.15) is 15.7 Å². The third-order valence-electron chi connectivity index (χ3n) is 1.82. The van der Waals surface area contributed by atoms with Crippen molar-refractivity contribution in [3.8, 4) is 10.7 Å². The van der Waals surface area contributed by atoms with Crippen LogP contribution in [0.3, 0.4) is 0 Å². The summed E-state index contributed by atoms with van der Waals surface area (Å²) in [6.45, 7) is 0.710. The lowest BCUT2D eigenvalue weighted by molar-refractivity contribution is 0.0691. The van der Waals surface area contributed by atoms with Crippen molar-refractivity contribution in [1.29, 1.82) is 0 Å². The molecule has 0 atom stereocenters. The normalized spacial score (nSPS) is 10.6. The molecule has 2 rings (SSSR count). The minimum Gasteiger partial charge on any atom is -0.476 e. The van der Waals surface area contributed by atoms with E-state index in [1.165, 1.54) is 28.1 Å². The van der Waals surface area contributed by atoms with Crippen LogP contribution in [0.4, 0.5) is 0 Å². The van der Waals surface area contributed by atoms with Gasteiger partial charge in [-0.05, 0) is 7.05 Å². The fourth-order valence-electron chi connectivity index (χ4n) is 1.13. The Morgan fingerprint density at radius 3 is 2.88 bits per heavy atom. The third-order valence-corrected chi connectivity index (χ3v) is 3.54. The molecule has 0 bridgehead atoms. The van der Waals surface area contributed by atoms with Gasteiger partial charge in [-0.1, -0.05) is 0 Å². The van der Waals surface area contributed by atoms with Crippen LogP contribution in [-0.2, 0) is 6.54 Å². The number of nitrogens with zero attached hydrogens (tertiary/aromatic N) is 2. The fourth-order valence-corrected chi connectivity index (χ4v) is 2.75. The molecule has 7 heteroatoms. The second kappa shape index (κ2) is 4.69. The number of hydrogen-bond donors (Lipinski definition) is 2. The SMILES string of the molecule is CNCc1nc(-c2nc(C(=O)O)cs2)cs1. The molecular formula is C9H9N3O2S2. The molecule has 0 saturated carbocycles. The van der Waals surface area contributed by atoms with Gasteiger partial charge in [-0.25, -0.2) is 14.8 Å². The largest absolute Gasteiger partial charge is 0.476 e. The van der Waals surface area contributed by atoms with Crippen molar-refractivity contribution < 1.29 is 9.90 Å². The quantitative estimate of drug-likeness (QED) is 0.869. The van der Waals surface area contributed by atoms with Gasteiger partial charge in [0.2, 0.25) is 0 Å². The van der Waals surface area contributed by atoms with Crippen LogP contribution in [0, 0.1) is 0 Å². The summed E-state index contributed by atoms with van der Waals surface area (Å²) in [5.41, 5.74) is 0.816. The number of carbonyl (C=O) groups is 1. The van der Waals surface area contributed by atoms with E-state index < -0.39 is 5.97 Å². The summed E-state index contributed by atoms with van der Waals surface area (Å²) in [6, 6.07) is 0. The molecular weight excluding hydrogens is 246 g/mol. The van der Waals surface area contributed by atoms with Gasteiger partial charge in [0.05, 0.1) is 0 Å². The van der Waals surface area contributed by atoms with Gasteiger partial charge in [-0.3, -0.25) is 0 Å². The predicted octanol–water partition coefficient (Wildman–Crippen LogP) is 1.68. The summed E-state index contributed by atoms with van der Waals surface area (Å²) in [7, 11) is 1.85. The maximum atomic E-state index is 10.7. The van der Waals surface area contributed by atoms with Crippen LogP contribution >= 0.6 is 22.7 Å². The molecule has 0 radical (unpaired) electrons. The zero-order chi connectivity index (χ0) is 11.5. The molecule has 0 spiro atoms. The molecule has 2 aromatic heterocycles. The van der Waals surface area contributed by atoms with E-state index in [1.54, 1.807) is 0 Å². The number of hydrogen-bond acceptors (Lipinski definition) is 6. The number of aromatic nitrogens is 2. The first-order valence-corrected chi connectivity index (χ1v) is 6.25. The van der Waals surface area contributed by atoms with Gasteiger partial charge < -0.3 is 10.4 Å². The summed E-state index contributed by atoms with van der Waals surface area (Å²) in [4.78, 5) is 19.0. The smallest absolute Gasteiger partial charge is 0.355 e. The van der Waals surface area contributed by atoms with E-state index in [4.69, 9.17) is 5.11 Å². The zero-order valence-corrected chi connectivity index (χ0v) is 10.1. The summed E-state index contributed by atoms with van der Waals surface area (Å²) in [5, 5.41) is 16.8. The van der Waals surface area contributed by atoms with Crippen molar-refractivity contribution in [2.45, 2.75) is 6.54 Å². The van der Waals surface area contributed by atoms with Crippen LogP contribution in [0.15, 0.2) is 10.8 Å². The van der Waals surface area contributed by atoms with Gasteiger partial charge in [-0.15, -0.1) is 22.7 Å². The molecule has 2 aromatic rings. The summed E-state index contributed by atoms with van der Waals surface area (Å²) in [5.74, 6) is -1.01. The summed E-state index contributed by atoms with van der Waals surface area (Å²) in [6.07, 6.45) is 0. The Bertz CT molecular complexity index is 506. The maximum absolute atomic E-state index is 10.7. The van der Waals surface area contributed by atoms with Crippen molar-refractivity contribution in [2.75, 3.05) is 7.05 Å². The lowest BCUT2D eigenvalue weighted by Gasteiger charge is -1.90. The monoisotopic (exact) mass is 255 g/mol. The molecule has 0 fully saturated rings. The first-order valence-electron chi connectivity index (χ1n) is 4.49. The minimum atomic E-state index is -1.01. The van der Waals surface area contributed by atoms with Gasteiger partial charge in [0, 0.05) is 17.3 Å². The molecule has 0 saturated heterocycles. The van der Waals surface area contributed by atoms with Gasteiger partial charge in [0.15, 0.2) is 5.69 Å². The number of thiazole rings is 2. The number of rotatable bonds is 4. The molecule has 16 heavy (non-hydrogen) atoms. The van der Waals surface area contributed by atoms with Crippen molar-refractivity contribution >= 4 is 28.6 Å². The van der Waals surface area contributed by atoms with Gasteiger partial charge in [0.25, 0.3) is 0 Å². The Balaban J connectivity index is 2.24. The van der Waals surface area contributed by atoms with E-state index in [0.29, 0.717) is 11.6 Å². The van der Waals surface area contributed by atoms with Crippen LogP contribution in [-0.4, -0.2) is 28.1 Å². The average molecular weight is 255 g/mol. The number of aromatic carboxylic acids is 1. The molecule has 2 N–H and O–H groups in total. The van der Waals surface area contributed by atoms with E-state index in [1.807, 2.05) is 12.4 Å². The average Bonchev–Trinajstić information content (AvgIpc) is 2.84. The van der Waals surface area contributed by atoms with E-state index in [0.717, 1.165) is 10.7 Å². The van der Waals surface area contributed by atoms with Crippen molar-refractivity contribution in [3.05, 3.63) is 21.5 Å². The molecule has 0 aliphatic carbocycles. The molecule has 0 unspecified atom stereocenters. The second-order valence-corrected chi connectivity index (χ2v) is 4.80. The fraction of sp³-hybridized carbons (Fsp3) is 0.222. The Labute approximate surface area is 99.8 Å². The Kier molecular flexibility index (Phi) is 3.28. The summed E-state index contributed by atoms with van der Waals surface area (Å²) < 4.78 is 0. The molecule has 5 nitrogen and oxygen atoms in total. The lowest BCUT2D eigenvalue weighted by Crippen LogP contribution is -2.04. The highest BCUT2D eigenvalue weighted by Gasteiger charge is 2.12.